The van der Waals surface area contributed by atoms with E-state index in [1.165, 1.54) is 11.3 Å². The summed E-state index contributed by atoms with van der Waals surface area (Å²) >= 11 is 0. The van der Waals surface area contributed by atoms with Crippen molar-refractivity contribution >= 4 is 15.7 Å². The Labute approximate surface area is 169 Å². The number of sulfonamides is 1. The van der Waals surface area contributed by atoms with Gasteiger partial charge in [0.05, 0.1) is 5.75 Å². The summed E-state index contributed by atoms with van der Waals surface area (Å²) in [5, 5.41) is 0. The van der Waals surface area contributed by atoms with Crippen molar-refractivity contribution in [3.8, 4) is 0 Å². The van der Waals surface area contributed by atoms with Gasteiger partial charge in [0.25, 0.3) is 0 Å². The molecule has 0 aromatic heterocycles. The van der Waals surface area contributed by atoms with Crippen molar-refractivity contribution in [2.45, 2.75) is 25.5 Å². The van der Waals surface area contributed by atoms with E-state index in [1.807, 2.05) is 31.2 Å². The van der Waals surface area contributed by atoms with Crippen LogP contribution >= 0.6 is 0 Å². The van der Waals surface area contributed by atoms with Crippen LogP contribution < -0.4 is 9.62 Å². The standard InChI is InChI=1S/C22H31N3O2S/c1-19-5-7-21(8-6-19)18-28(26,27)23-13-3-4-20-9-11-22(12-10-20)25-16-14-24(2)15-17-25/h5-12,23H,3-4,13-18H2,1-2H3. The molecule has 1 aliphatic heterocycles. The minimum atomic E-state index is -3.29. The number of nitrogens with one attached hydrogen (secondary N) is 1. The van der Waals surface area contributed by atoms with Gasteiger partial charge in [0.1, 0.15) is 0 Å². The lowest BCUT2D eigenvalue weighted by atomic mass is 10.1. The van der Waals surface area contributed by atoms with Crippen LogP contribution in [0.15, 0.2) is 48.5 Å². The molecule has 152 valence electrons. The topological polar surface area (TPSA) is 52.7 Å². The number of benzene rings is 2. The number of nitrogens with zero attached hydrogens (tertiary/aromatic N) is 2. The van der Waals surface area contributed by atoms with E-state index in [2.05, 4.69) is 45.8 Å². The van der Waals surface area contributed by atoms with Crippen molar-refractivity contribution in [2.75, 3.05) is 44.7 Å². The average molecular weight is 402 g/mol. The second-order valence-corrected chi connectivity index (χ2v) is 9.51. The maximum Gasteiger partial charge on any atom is 0.215 e. The van der Waals surface area contributed by atoms with Gasteiger partial charge in [0, 0.05) is 38.4 Å². The number of piperazine rings is 1. The number of hydrogen-bond acceptors (Lipinski definition) is 4. The lowest BCUT2D eigenvalue weighted by Gasteiger charge is -2.34. The van der Waals surface area contributed by atoms with Gasteiger partial charge in [-0.2, -0.15) is 0 Å². The summed E-state index contributed by atoms with van der Waals surface area (Å²) in [6, 6.07) is 16.3. The Balaban J connectivity index is 1.41. The molecule has 1 saturated heterocycles. The molecule has 0 bridgehead atoms. The zero-order valence-corrected chi connectivity index (χ0v) is 17.7. The fraction of sp³-hybridized carbons (Fsp3) is 0.455. The number of likely N-dealkylation sites (N-methyl/N-ethyl adjacent to an activating group) is 1. The molecule has 0 spiro atoms. The number of rotatable bonds is 8. The lowest BCUT2D eigenvalue weighted by Crippen LogP contribution is -2.44. The second kappa shape index (κ2) is 9.54. The fourth-order valence-corrected chi connectivity index (χ4v) is 4.60. The van der Waals surface area contributed by atoms with E-state index in [9.17, 15) is 8.42 Å². The summed E-state index contributed by atoms with van der Waals surface area (Å²) in [7, 11) is -1.13. The molecule has 0 saturated carbocycles. The van der Waals surface area contributed by atoms with Crippen molar-refractivity contribution in [1.82, 2.24) is 9.62 Å². The summed E-state index contributed by atoms with van der Waals surface area (Å²) in [6.45, 7) is 6.80. The van der Waals surface area contributed by atoms with E-state index in [-0.39, 0.29) is 5.75 Å². The maximum absolute atomic E-state index is 12.2. The third-order valence-corrected chi connectivity index (χ3v) is 6.60. The van der Waals surface area contributed by atoms with E-state index >= 15 is 0 Å². The molecular formula is C22H31N3O2S. The van der Waals surface area contributed by atoms with Crippen LogP contribution in [0.2, 0.25) is 0 Å². The van der Waals surface area contributed by atoms with Gasteiger partial charge in [0.2, 0.25) is 10.0 Å². The minimum absolute atomic E-state index is 0.0347. The van der Waals surface area contributed by atoms with E-state index in [4.69, 9.17) is 0 Å². The molecule has 0 aliphatic carbocycles. The van der Waals surface area contributed by atoms with E-state index in [0.29, 0.717) is 6.54 Å². The predicted molar refractivity (Wildman–Crippen MR) is 116 cm³/mol. The molecular weight excluding hydrogens is 370 g/mol. The normalized spacial score (nSPS) is 15.7. The van der Waals surface area contributed by atoms with Gasteiger partial charge in [-0.05, 0) is 50.1 Å². The summed E-state index contributed by atoms with van der Waals surface area (Å²) in [5.74, 6) is 0.0347. The third-order valence-electron chi connectivity index (χ3n) is 5.25. The van der Waals surface area contributed by atoms with Gasteiger partial charge in [0.15, 0.2) is 0 Å². The molecule has 0 amide bonds. The zero-order valence-electron chi connectivity index (χ0n) is 16.9. The molecule has 0 unspecified atom stereocenters. The Morgan fingerprint density at radius 3 is 2.14 bits per heavy atom. The van der Waals surface area contributed by atoms with Crippen molar-refractivity contribution in [1.29, 1.82) is 0 Å². The molecule has 1 fully saturated rings. The van der Waals surface area contributed by atoms with Crippen LogP contribution in [0.5, 0.6) is 0 Å². The van der Waals surface area contributed by atoms with Crippen LogP contribution in [-0.4, -0.2) is 53.1 Å². The maximum atomic E-state index is 12.2. The summed E-state index contributed by atoms with van der Waals surface area (Å²) in [4.78, 5) is 4.77. The summed E-state index contributed by atoms with van der Waals surface area (Å²) in [6.07, 6.45) is 1.66. The molecule has 5 nitrogen and oxygen atoms in total. The van der Waals surface area contributed by atoms with Gasteiger partial charge >= 0.3 is 0 Å². The Bertz CT molecular complexity index is 840. The Morgan fingerprint density at radius 1 is 0.893 bits per heavy atom. The highest BCUT2D eigenvalue weighted by Gasteiger charge is 2.14. The minimum Gasteiger partial charge on any atom is -0.369 e. The van der Waals surface area contributed by atoms with Crippen molar-refractivity contribution in [3.05, 3.63) is 65.2 Å². The van der Waals surface area contributed by atoms with Gasteiger partial charge in [-0.1, -0.05) is 42.0 Å². The molecule has 28 heavy (non-hydrogen) atoms. The van der Waals surface area contributed by atoms with Crippen LogP contribution in [0.1, 0.15) is 23.1 Å². The molecule has 1 aliphatic rings. The van der Waals surface area contributed by atoms with E-state index < -0.39 is 10.0 Å². The lowest BCUT2D eigenvalue weighted by molar-refractivity contribution is 0.313. The fourth-order valence-electron chi connectivity index (χ4n) is 3.41. The van der Waals surface area contributed by atoms with Crippen LogP contribution in [-0.2, 0) is 22.2 Å². The highest BCUT2D eigenvalue weighted by atomic mass is 32.2. The molecule has 2 aromatic carbocycles. The van der Waals surface area contributed by atoms with Crippen LogP contribution in [0, 0.1) is 6.92 Å². The highest BCUT2D eigenvalue weighted by Crippen LogP contribution is 2.17. The molecule has 6 heteroatoms. The van der Waals surface area contributed by atoms with Gasteiger partial charge in [-0.3, -0.25) is 0 Å². The zero-order chi connectivity index (χ0) is 20.0. The SMILES string of the molecule is Cc1ccc(CS(=O)(=O)NCCCc2ccc(N3CCN(C)CC3)cc2)cc1. The molecule has 0 atom stereocenters. The molecule has 2 aromatic rings. The Morgan fingerprint density at radius 2 is 1.50 bits per heavy atom. The molecule has 0 radical (unpaired) electrons. The average Bonchev–Trinajstić information content (AvgIpc) is 2.68. The quantitative estimate of drug-likeness (QED) is 0.691. The van der Waals surface area contributed by atoms with Crippen molar-refractivity contribution in [2.24, 2.45) is 0 Å². The number of hydrogen-bond donors (Lipinski definition) is 1. The predicted octanol–water partition coefficient (Wildman–Crippen LogP) is 2.80. The van der Waals surface area contributed by atoms with Gasteiger partial charge in [-0.25, -0.2) is 13.1 Å². The van der Waals surface area contributed by atoms with Crippen LogP contribution in [0.4, 0.5) is 5.69 Å². The monoisotopic (exact) mass is 401 g/mol. The summed E-state index contributed by atoms with van der Waals surface area (Å²) < 4.78 is 27.2. The van der Waals surface area contributed by atoms with E-state index in [1.54, 1.807) is 0 Å². The summed E-state index contributed by atoms with van der Waals surface area (Å²) in [5.41, 5.74) is 4.47. The van der Waals surface area contributed by atoms with E-state index in [0.717, 1.165) is 50.1 Å². The smallest absolute Gasteiger partial charge is 0.215 e. The van der Waals surface area contributed by atoms with Gasteiger partial charge in [-0.15, -0.1) is 0 Å². The number of aryl methyl sites for hydroxylation is 2. The first-order valence-electron chi connectivity index (χ1n) is 9.97. The first kappa shape index (κ1) is 20.8. The largest absolute Gasteiger partial charge is 0.369 e. The van der Waals surface area contributed by atoms with Crippen LogP contribution in [0.3, 0.4) is 0 Å². The van der Waals surface area contributed by atoms with Crippen molar-refractivity contribution in [3.63, 3.8) is 0 Å². The molecule has 3 rings (SSSR count). The number of anilines is 1. The first-order valence-corrected chi connectivity index (χ1v) is 11.6. The Hall–Kier alpha value is -1.89. The third kappa shape index (κ3) is 6.33. The van der Waals surface area contributed by atoms with Crippen molar-refractivity contribution < 1.29 is 8.42 Å². The first-order chi connectivity index (χ1) is 13.4. The van der Waals surface area contributed by atoms with Gasteiger partial charge < -0.3 is 9.80 Å². The Kier molecular flexibility index (Phi) is 7.10. The molecule has 1 N–H and O–H groups in total. The second-order valence-electron chi connectivity index (χ2n) is 7.70. The van der Waals surface area contributed by atoms with Crippen LogP contribution in [0.25, 0.3) is 0 Å². The molecule has 1 heterocycles. The highest BCUT2D eigenvalue weighted by molar-refractivity contribution is 7.88.